The molecule has 7 rings (SSSR count). The Kier molecular flexibility index (Phi) is 4.36. The van der Waals surface area contributed by atoms with E-state index >= 15 is 0 Å². The van der Waals surface area contributed by atoms with Gasteiger partial charge < -0.3 is 0 Å². The van der Waals surface area contributed by atoms with Crippen molar-refractivity contribution in [2.45, 2.75) is 130 Å². The van der Waals surface area contributed by atoms with Gasteiger partial charge >= 0.3 is 0 Å². The quantitative estimate of drug-likeness (QED) is 0.364. The minimum atomic E-state index is -0.896. The van der Waals surface area contributed by atoms with Crippen LogP contribution in [0.15, 0.2) is 18.2 Å². The summed E-state index contributed by atoms with van der Waals surface area (Å²) in [5.74, 6) is 0. The molecule has 4 unspecified atom stereocenters. The fraction of sp³-hybridized carbons (Fsp3) is 0.778. The van der Waals surface area contributed by atoms with Gasteiger partial charge in [0, 0.05) is 16.7 Å². The molecule has 1 aromatic carbocycles. The van der Waals surface area contributed by atoms with Crippen molar-refractivity contribution in [1.82, 2.24) is 0 Å². The second-order valence-corrected chi connectivity index (χ2v) is 20.7. The van der Waals surface area contributed by atoms with Crippen molar-refractivity contribution in [1.29, 1.82) is 0 Å². The molecule has 2 spiro atoms. The first-order valence-corrected chi connectivity index (χ1v) is 17.6. The monoisotopic (exact) mass is 426 g/mol. The Balaban J connectivity index is 1.48. The van der Waals surface area contributed by atoms with Crippen LogP contribution in [0.5, 0.6) is 0 Å². The predicted molar refractivity (Wildman–Crippen MR) is 130 cm³/mol. The molecule has 4 bridgehead atoms. The number of benzene rings is 1. The van der Waals surface area contributed by atoms with Gasteiger partial charge in [0.1, 0.15) is 0 Å². The van der Waals surface area contributed by atoms with Gasteiger partial charge in [-0.1, -0.05) is 18.2 Å². The molecule has 2 heteroatoms. The van der Waals surface area contributed by atoms with Crippen LogP contribution in [0.2, 0.25) is 0 Å². The minimum Gasteiger partial charge on any atom is -0.0614 e. The SMILES string of the molecule is c1cc2c3c(c1)C[P+]1(C4CCCCC1CCC4)C3[P+]1(C2)C2CCCCC1CCC2. The Morgan fingerprint density at radius 1 is 0.517 bits per heavy atom. The van der Waals surface area contributed by atoms with E-state index in [2.05, 4.69) is 18.2 Å². The third kappa shape index (κ3) is 2.35. The summed E-state index contributed by atoms with van der Waals surface area (Å²) < 4.78 is 0. The Morgan fingerprint density at radius 3 is 1.31 bits per heavy atom. The first-order valence-electron chi connectivity index (χ1n) is 13.2. The smallest absolute Gasteiger partial charge is 0.0614 e. The van der Waals surface area contributed by atoms with Gasteiger partial charge in [0.15, 0.2) is 5.40 Å². The third-order valence-corrected chi connectivity index (χ3v) is 25.1. The molecular formula is C27H40P2+2. The fourth-order valence-electron chi connectivity index (χ4n) is 10.0. The van der Waals surface area contributed by atoms with Gasteiger partial charge in [-0.3, -0.25) is 0 Å². The summed E-state index contributed by atoms with van der Waals surface area (Å²) in [6.07, 6.45) is 25.6. The molecule has 0 nitrogen and oxygen atoms in total. The second kappa shape index (κ2) is 6.79. The molecule has 156 valence electrons. The van der Waals surface area contributed by atoms with E-state index in [1.165, 1.54) is 28.0 Å². The highest BCUT2D eigenvalue weighted by molar-refractivity contribution is 7.93. The largest absolute Gasteiger partial charge is 0.195 e. The van der Waals surface area contributed by atoms with Crippen molar-refractivity contribution in [3.05, 3.63) is 34.9 Å². The maximum atomic E-state index is 2.62. The van der Waals surface area contributed by atoms with Crippen LogP contribution < -0.4 is 0 Å². The average Bonchev–Trinajstić information content (AvgIpc) is 3.23. The highest BCUT2D eigenvalue weighted by atomic mass is 31.2. The number of hydrogen-bond acceptors (Lipinski definition) is 0. The molecule has 0 N–H and O–H groups in total. The molecule has 0 saturated carbocycles. The molecule has 6 heterocycles. The van der Waals surface area contributed by atoms with Gasteiger partial charge in [-0.2, -0.15) is 0 Å². The van der Waals surface area contributed by atoms with Crippen LogP contribution in [0, 0.1) is 0 Å². The average molecular weight is 427 g/mol. The lowest BCUT2D eigenvalue weighted by Gasteiger charge is -2.50. The molecule has 6 aliphatic rings. The van der Waals surface area contributed by atoms with E-state index in [4.69, 9.17) is 0 Å². The van der Waals surface area contributed by atoms with E-state index < -0.39 is 14.5 Å². The maximum absolute atomic E-state index is 2.62. The fourth-order valence-corrected chi connectivity index (χ4v) is 28.8. The van der Waals surface area contributed by atoms with Crippen LogP contribution in [0.25, 0.3) is 0 Å². The highest BCUT2D eigenvalue weighted by Crippen LogP contribution is 3.02. The second-order valence-electron chi connectivity index (χ2n) is 11.7. The minimum absolute atomic E-state index is 0.896. The summed E-state index contributed by atoms with van der Waals surface area (Å²) in [4.78, 5) is 0. The van der Waals surface area contributed by atoms with Gasteiger partial charge in [-0.15, -0.1) is 0 Å². The summed E-state index contributed by atoms with van der Waals surface area (Å²) >= 11 is 0. The molecule has 29 heavy (non-hydrogen) atoms. The normalized spacial score (nSPS) is 47.8. The third-order valence-electron chi connectivity index (χ3n) is 10.9. The van der Waals surface area contributed by atoms with E-state index in [0.717, 1.165) is 0 Å². The zero-order valence-corrected chi connectivity index (χ0v) is 20.1. The lowest BCUT2D eigenvalue weighted by Crippen LogP contribution is -2.35. The molecule has 4 atom stereocenters. The van der Waals surface area contributed by atoms with Gasteiger partial charge in [-0.05, 0) is 89.9 Å². The van der Waals surface area contributed by atoms with Crippen LogP contribution in [-0.2, 0) is 12.3 Å². The molecule has 1 aromatic rings. The van der Waals surface area contributed by atoms with Crippen molar-refractivity contribution in [2.75, 3.05) is 0 Å². The topological polar surface area (TPSA) is 0 Å². The number of hydrogen-bond donors (Lipinski definition) is 0. The zero-order chi connectivity index (χ0) is 19.1. The standard InChI is InChI=1S/C27H40P2/c1-2-11-23-15-6-14-22(10-1)28(23)18-20-8-5-9-21-19-29(27(28)26(20)21)24-12-3-4-13-25(29)17-7-16-24/h5,8-9,22-25,27H,1-4,6-7,10-19H2/q+2. The first kappa shape index (κ1) is 18.6. The van der Waals surface area contributed by atoms with Gasteiger partial charge in [0.2, 0.25) is 0 Å². The van der Waals surface area contributed by atoms with Crippen molar-refractivity contribution in [3.63, 3.8) is 0 Å². The summed E-state index contributed by atoms with van der Waals surface area (Å²) in [5, 5.41) is 1.17. The molecular weight excluding hydrogens is 386 g/mol. The van der Waals surface area contributed by atoms with Crippen molar-refractivity contribution in [3.8, 4) is 0 Å². The van der Waals surface area contributed by atoms with Crippen molar-refractivity contribution < 1.29 is 0 Å². The van der Waals surface area contributed by atoms with Crippen molar-refractivity contribution in [2.24, 2.45) is 0 Å². The van der Waals surface area contributed by atoms with E-state index in [0.29, 0.717) is 0 Å². The lowest BCUT2D eigenvalue weighted by atomic mass is 10.1. The van der Waals surface area contributed by atoms with Crippen LogP contribution in [-0.4, -0.2) is 22.6 Å². The van der Waals surface area contributed by atoms with E-state index in [1.54, 1.807) is 102 Å². The van der Waals surface area contributed by atoms with Gasteiger partial charge in [0.25, 0.3) is 0 Å². The molecule has 6 aliphatic heterocycles. The Morgan fingerprint density at radius 2 is 0.897 bits per heavy atom. The maximum Gasteiger partial charge on any atom is 0.195 e. The van der Waals surface area contributed by atoms with Gasteiger partial charge in [0.05, 0.1) is 49.5 Å². The zero-order valence-electron chi connectivity index (χ0n) is 18.3. The van der Waals surface area contributed by atoms with Crippen LogP contribution >= 0.6 is 14.5 Å². The Bertz CT molecular complexity index is 723. The Labute approximate surface area is 179 Å². The summed E-state index contributed by atoms with van der Waals surface area (Å²) in [5.41, 5.74) is 10.5. The van der Waals surface area contributed by atoms with Gasteiger partial charge in [-0.25, -0.2) is 0 Å². The van der Waals surface area contributed by atoms with Crippen LogP contribution in [0.3, 0.4) is 0 Å². The summed E-state index contributed by atoms with van der Waals surface area (Å²) in [7, 11) is -1.79. The van der Waals surface area contributed by atoms with E-state index in [-0.39, 0.29) is 0 Å². The molecule has 0 amide bonds. The first-order chi connectivity index (χ1) is 14.3. The molecule has 4 fully saturated rings. The van der Waals surface area contributed by atoms with E-state index in [1.807, 2.05) is 16.7 Å². The lowest BCUT2D eigenvalue weighted by molar-refractivity contribution is 0.567. The van der Waals surface area contributed by atoms with Crippen LogP contribution in [0.4, 0.5) is 0 Å². The Hall–Kier alpha value is 0.0800. The van der Waals surface area contributed by atoms with Crippen molar-refractivity contribution >= 4 is 14.5 Å². The molecule has 0 aromatic heterocycles. The summed E-state index contributed by atoms with van der Waals surface area (Å²) in [6, 6.07) is 7.73. The molecule has 4 saturated heterocycles. The van der Waals surface area contributed by atoms with Crippen LogP contribution in [0.1, 0.15) is 112 Å². The molecule has 0 aliphatic carbocycles. The highest BCUT2D eigenvalue weighted by Gasteiger charge is 2.78. The number of rotatable bonds is 0. The molecule has 0 radical (unpaired) electrons. The summed E-state index contributed by atoms with van der Waals surface area (Å²) in [6.45, 7) is 0. The van der Waals surface area contributed by atoms with E-state index in [9.17, 15) is 0 Å². The predicted octanol–water partition coefficient (Wildman–Crippen LogP) is 8.74.